The maximum Gasteiger partial charge on any atom is 0.278 e. The number of nitrogens with one attached hydrogen (secondary N) is 3. The van der Waals surface area contributed by atoms with Crippen LogP contribution in [-0.4, -0.2) is 32.2 Å². The first-order valence-electron chi connectivity index (χ1n) is 10.5. The molecule has 0 aliphatic rings. The fraction of sp³-hybridized carbons (Fsp3) is 0.292. The summed E-state index contributed by atoms with van der Waals surface area (Å²) in [4.78, 5) is 39.8. The molecule has 2 aromatic carbocycles. The van der Waals surface area contributed by atoms with Crippen molar-refractivity contribution in [2.75, 3.05) is 10.6 Å². The molecule has 2 amide bonds. The zero-order valence-electron chi connectivity index (χ0n) is 19.5. The molecule has 3 aromatic rings. The molecule has 1 atom stereocenters. The second-order valence-corrected chi connectivity index (χ2v) is 9.37. The van der Waals surface area contributed by atoms with E-state index in [0.717, 1.165) is 34.0 Å². The number of hydrogen-bond donors (Lipinski definition) is 3. The number of aromatic nitrogens is 3. The Bertz CT molecular complexity index is 1290. The predicted molar refractivity (Wildman–Crippen MR) is 132 cm³/mol. The molecule has 0 aliphatic heterocycles. The van der Waals surface area contributed by atoms with Gasteiger partial charge in [-0.2, -0.15) is 0 Å². The van der Waals surface area contributed by atoms with Crippen molar-refractivity contribution in [2.24, 2.45) is 0 Å². The molecule has 0 aliphatic carbocycles. The van der Waals surface area contributed by atoms with Crippen LogP contribution in [0.2, 0.25) is 0 Å². The van der Waals surface area contributed by atoms with Gasteiger partial charge in [0.05, 0.1) is 10.9 Å². The fourth-order valence-corrected chi connectivity index (χ4v) is 4.07. The highest BCUT2D eigenvalue weighted by molar-refractivity contribution is 8.00. The van der Waals surface area contributed by atoms with Crippen LogP contribution < -0.4 is 16.2 Å². The van der Waals surface area contributed by atoms with Crippen LogP contribution in [0.4, 0.5) is 11.4 Å². The number of carbonyl (C=O) groups is 2. The normalized spacial score (nSPS) is 11.7. The van der Waals surface area contributed by atoms with E-state index in [4.69, 9.17) is 0 Å². The van der Waals surface area contributed by atoms with Gasteiger partial charge in [-0.25, -0.2) is 0 Å². The molecule has 0 saturated heterocycles. The van der Waals surface area contributed by atoms with Gasteiger partial charge in [0.15, 0.2) is 10.9 Å². The first kappa shape index (κ1) is 24.2. The molecule has 1 unspecified atom stereocenters. The van der Waals surface area contributed by atoms with Crippen molar-refractivity contribution in [3.05, 3.63) is 62.9 Å². The van der Waals surface area contributed by atoms with E-state index in [1.165, 1.54) is 6.92 Å². The number of aryl methyl sites for hydroxylation is 4. The molecule has 0 radical (unpaired) electrons. The summed E-state index contributed by atoms with van der Waals surface area (Å²) in [6.07, 6.45) is 0. The molecule has 0 spiro atoms. The molecule has 3 rings (SSSR count). The van der Waals surface area contributed by atoms with Crippen LogP contribution in [0, 0.1) is 27.7 Å². The second kappa shape index (κ2) is 9.99. The van der Waals surface area contributed by atoms with E-state index in [0.29, 0.717) is 16.9 Å². The molecular weight excluding hydrogens is 438 g/mol. The Morgan fingerprint density at radius 1 is 0.970 bits per heavy atom. The number of aromatic amines is 1. The third-order valence-electron chi connectivity index (χ3n) is 5.14. The Hall–Kier alpha value is -3.46. The van der Waals surface area contributed by atoms with Crippen molar-refractivity contribution in [3.8, 4) is 11.3 Å². The summed E-state index contributed by atoms with van der Waals surface area (Å²) in [6, 6.07) is 9.41. The molecular formula is C24H27N5O3S. The molecule has 33 heavy (non-hydrogen) atoms. The van der Waals surface area contributed by atoms with Gasteiger partial charge in [0.25, 0.3) is 5.56 Å². The summed E-state index contributed by atoms with van der Waals surface area (Å²) in [5, 5.41) is 13.6. The van der Waals surface area contributed by atoms with Crippen LogP contribution in [0.3, 0.4) is 0 Å². The van der Waals surface area contributed by atoms with E-state index in [1.807, 2.05) is 52.0 Å². The van der Waals surface area contributed by atoms with Crippen LogP contribution in [0.5, 0.6) is 0 Å². The summed E-state index contributed by atoms with van der Waals surface area (Å²) in [5.41, 5.74) is 5.35. The van der Waals surface area contributed by atoms with Crippen LogP contribution in [0.1, 0.15) is 36.1 Å². The number of rotatable bonds is 6. The maximum atomic E-state index is 12.8. The molecule has 9 heteroatoms. The third-order valence-corrected chi connectivity index (χ3v) is 6.12. The fourth-order valence-electron chi connectivity index (χ4n) is 3.33. The molecule has 0 bridgehead atoms. The lowest BCUT2D eigenvalue weighted by atomic mass is 10.0. The summed E-state index contributed by atoms with van der Waals surface area (Å²) >= 11 is 1.11. The van der Waals surface area contributed by atoms with Gasteiger partial charge in [-0.05, 0) is 69.5 Å². The molecule has 0 fully saturated rings. The molecule has 1 heterocycles. The average molecular weight is 466 g/mol. The van der Waals surface area contributed by atoms with Gasteiger partial charge in [0, 0.05) is 18.2 Å². The Kier molecular flexibility index (Phi) is 7.33. The van der Waals surface area contributed by atoms with E-state index < -0.39 is 10.8 Å². The Morgan fingerprint density at radius 2 is 1.70 bits per heavy atom. The minimum Gasteiger partial charge on any atom is -0.325 e. The number of thioether (sulfide) groups is 1. The van der Waals surface area contributed by atoms with Crippen molar-refractivity contribution in [1.82, 2.24) is 15.2 Å². The maximum absolute atomic E-state index is 12.8. The van der Waals surface area contributed by atoms with Gasteiger partial charge in [-0.15, -0.1) is 10.2 Å². The quantitative estimate of drug-likeness (QED) is 0.471. The van der Waals surface area contributed by atoms with E-state index in [9.17, 15) is 14.4 Å². The van der Waals surface area contributed by atoms with Gasteiger partial charge >= 0.3 is 0 Å². The summed E-state index contributed by atoms with van der Waals surface area (Å²) in [7, 11) is 0. The van der Waals surface area contributed by atoms with Crippen molar-refractivity contribution < 1.29 is 9.59 Å². The van der Waals surface area contributed by atoms with Crippen molar-refractivity contribution in [1.29, 1.82) is 0 Å². The topological polar surface area (TPSA) is 117 Å². The molecule has 3 N–H and O–H groups in total. The SMILES string of the molecule is CC(=O)Nc1c(C)cc(C)cc1-c1nnc(SC(C)C(=O)Nc2ccc(C)c(C)c2)[nH]c1=O. The smallest absolute Gasteiger partial charge is 0.278 e. The van der Waals surface area contributed by atoms with Gasteiger partial charge in [0.2, 0.25) is 11.8 Å². The van der Waals surface area contributed by atoms with E-state index in [-0.39, 0.29) is 22.7 Å². The van der Waals surface area contributed by atoms with E-state index >= 15 is 0 Å². The lowest BCUT2D eigenvalue weighted by molar-refractivity contribution is -0.115. The number of H-pyrrole nitrogens is 1. The minimum absolute atomic E-state index is 0.0992. The van der Waals surface area contributed by atoms with Crippen LogP contribution >= 0.6 is 11.8 Å². The highest BCUT2D eigenvalue weighted by Crippen LogP contribution is 2.30. The lowest BCUT2D eigenvalue weighted by Crippen LogP contribution is -2.24. The van der Waals surface area contributed by atoms with Gasteiger partial charge in [0.1, 0.15) is 0 Å². The number of nitrogens with zero attached hydrogens (tertiary/aromatic N) is 2. The second-order valence-electron chi connectivity index (χ2n) is 8.04. The third kappa shape index (κ3) is 5.87. The number of carbonyl (C=O) groups excluding carboxylic acids is 2. The van der Waals surface area contributed by atoms with Gasteiger partial charge < -0.3 is 10.6 Å². The lowest BCUT2D eigenvalue weighted by Gasteiger charge is -2.14. The summed E-state index contributed by atoms with van der Waals surface area (Å²) in [6.45, 7) is 10.9. The Morgan fingerprint density at radius 3 is 2.33 bits per heavy atom. The standard InChI is InChI=1S/C24H27N5O3S/c1-12-9-15(4)20(25-17(6)30)19(10-12)21-23(32)27-24(29-28-21)33-16(5)22(31)26-18-8-7-13(2)14(3)11-18/h7-11,16H,1-6H3,(H,25,30)(H,26,31)(H,27,29,32). The van der Waals surface area contributed by atoms with Crippen LogP contribution in [0.15, 0.2) is 40.3 Å². The first-order chi connectivity index (χ1) is 15.5. The summed E-state index contributed by atoms with van der Waals surface area (Å²) in [5.74, 6) is -0.458. The highest BCUT2D eigenvalue weighted by Gasteiger charge is 2.19. The predicted octanol–water partition coefficient (Wildman–Crippen LogP) is 4.14. The van der Waals surface area contributed by atoms with Crippen LogP contribution in [-0.2, 0) is 9.59 Å². The average Bonchev–Trinajstić information content (AvgIpc) is 2.72. The Labute approximate surface area is 196 Å². The number of hydrogen-bond acceptors (Lipinski definition) is 6. The van der Waals surface area contributed by atoms with Crippen molar-refractivity contribution >= 4 is 35.0 Å². The van der Waals surface area contributed by atoms with E-state index in [2.05, 4.69) is 25.8 Å². The van der Waals surface area contributed by atoms with Crippen molar-refractivity contribution in [2.45, 2.75) is 51.9 Å². The van der Waals surface area contributed by atoms with E-state index in [1.54, 1.807) is 13.0 Å². The Balaban J connectivity index is 1.81. The van der Waals surface area contributed by atoms with Gasteiger partial charge in [-0.1, -0.05) is 29.5 Å². The van der Waals surface area contributed by atoms with Gasteiger partial charge in [-0.3, -0.25) is 19.4 Å². The minimum atomic E-state index is -0.515. The number of anilines is 2. The van der Waals surface area contributed by atoms with Crippen LogP contribution in [0.25, 0.3) is 11.3 Å². The molecule has 172 valence electrons. The molecule has 8 nitrogen and oxygen atoms in total. The highest BCUT2D eigenvalue weighted by atomic mass is 32.2. The zero-order valence-corrected chi connectivity index (χ0v) is 20.3. The number of amides is 2. The monoisotopic (exact) mass is 465 g/mol. The molecule has 0 saturated carbocycles. The first-order valence-corrected chi connectivity index (χ1v) is 11.3. The number of benzene rings is 2. The summed E-state index contributed by atoms with van der Waals surface area (Å²) < 4.78 is 0. The largest absolute Gasteiger partial charge is 0.325 e. The zero-order chi connectivity index (χ0) is 24.3. The molecule has 1 aromatic heterocycles. The van der Waals surface area contributed by atoms with Crippen molar-refractivity contribution in [3.63, 3.8) is 0 Å².